The van der Waals surface area contributed by atoms with Crippen LogP contribution in [0.5, 0.6) is 0 Å². The van der Waals surface area contributed by atoms with Crippen molar-refractivity contribution in [1.82, 2.24) is 30.0 Å². The molecule has 4 heterocycles. The van der Waals surface area contributed by atoms with Crippen LogP contribution in [0.4, 0.5) is 0 Å². The maximum Gasteiger partial charge on any atom is 0.232 e. The first-order chi connectivity index (χ1) is 14.4. The fourth-order valence-electron chi connectivity index (χ4n) is 4.84. The molecule has 7 nitrogen and oxygen atoms in total. The molecule has 3 aromatic rings. The SMILES string of the molecule is c1cncc([C@@H]2CN(C3CCCCCC3)C[C@H]2c2nc(-c3cnccn3)no2)c1. The Morgan fingerprint density at radius 1 is 0.897 bits per heavy atom. The smallest absolute Gasteiger partial charge is 0.232 e. The molecule has 2 atom stereocenters. The Kier molecular flexibility index (Phi) is 5.30. The first-order valence-corrected chi connectivity index (χ1v) is 10.6. The molecule has 1 saturated carbocycles. The van der Waals surface area contributed by atoms with Gasteiger partial charge in [0.2, 0.25) is 11.7 Å². The second-order valence-corrected chi connectivity index (χ2v) is 8.15. The van der Waals surface area contributed by atoms with E-state index >= 15 is 0 Å². The summed E-state index contributed by atoms with van der Waals surface area (Å²) in [5, 5.41) is 4.19. The minimum atomic E-state index is 0.167. The van der Waals surface area contributed by atoms with Crippen molar-refractivity contribution < 1.29 is 4.52 Å². The van der Waals surface area contributed by atoms with Crippen LogP contribution in [0.1, 0.15) is 61.8 Å². The second-order valence-electron chi connectivity index (χ2n) is 8.15. The quantitative estimate of drug-likeness (QED) is 0.626. The summed E-state index contributed by atoms with van der Waals surface area (Å²) in [5.41, 5.74) is 1.88. The van der Waals surface area contributed by atoms with Crippen molar-refractivity contribution in [2.24, 2.45) is 0 Å². The minimum Gasteiger partial charge on any atom is -0.339 e. The van der Waals surface area contributed by atoms with E-state index in [1.54, 1.807) is 18.6 Å². The largest absolute Gasteiger partial charge is 0.339 e. The Morgan fingerprint density at radius 2 is 1.72 bits per heavy atom. The number of hydrogen-bond donors (Lipinski definition) is 0. The molecule has 0 bridgehead atoms. The molecule has 7 heteroatoms. The minimum absolute atomic E-state index is 0.167. The summed E-state index contributed by atoms with van der Waals surface area (Å²) >= 11 is 0. The van der Waals surface area contributed by atoms with Crippen molar-refractivity contribution >= 4 is 0 Å². The van der Waals surface area contributed by atoms with Gasteiger partial charge in [-0.25, -0.2) is 4.98 Å². The predicted molar refractivity (Wildman–Crippen MR) is 108 cm³/mol. The maximum absolute atomic E-state index is 5.74. The average molecular weight is 390 g/mol. The highest BCUT2D eigenvalue weighted by atomic mass is 16.5. The van der Waals surface area contributed by atoms with E-state index in [2.05, 4.69) is 31.1 Å². The molecule has 2 aliphatic rings. The lowest BCUT2D eigenvalue weighted by atomic mass is 9.90. The molecule has 29 heavy (non-hydrogen) atoms. The zero-order valence-electron chi connectivity index (χ0n) is 16.5. The van der Waals surface area contributed by atoms with E-state index in [0.29, 0.717) is 29.4 Å². The molecule has 1 aliphatic heterocycles. The molecular weight excluding hydrogens is 364 g/mol. The number of aromatic nitrogens is 5. The highest BCUT2D eigenvalue weighted by molar-refractivity contribution is 5.45. The monoisotopic (exact) mass is 390 g/mol. The number of pyridine rings is 1. The highest BCUT2D eigenvalue weighted by Gasteiger charge is 2.41. The molecule has 0 amide bonds. The number of likely N-dealkylation sites (tertiary alicyclic amines) is 1. The van der Waals surface area contributed by atoms with Crippen LogP contribution in [0.15, 0.2) is 47.6 Å². The van der Waals surface area contributed by atoms with Crippen LogP contribution in [0.3, 0.4) is 0 Å². The van der Waals surface area contributed by atoms with Gasteiger partial charge in [-0.15, -0.1) is 0 Å². The Balaban J connectivity index is 1.43. The zero-order chi connectivity index (χ0) is 19.5. The summed E-state index contributed by atoms with van der Waals surface area (Å²) in [6.45, 7) is 1.97. The first kappa shape index (κ1) is 18.4. The van der Waals surface area contributed by atoms with Gasteiger partial charge in [-0.2, -0.15) is 4.98 Å². The second kappa shape index (κ2) is 8.37. The average Bonchev–Trinajstić information content (AvgIpc) is 3.36. The topological polar surface area (TPSA) is 80.8 Å². The van der Waals surface area contributed by atoms with Crippen LogP contribution in [0.2, 0.25) is 0 Å². The van der Waals surface area contributed by atoms with Gasteiger partial charge in [-0.3, -0.25) is 14.9 Å². The van der Waals surface area contributed by atoms with Crippen LogP contribution < -0.4 is 0 Å². The van der Waals surface area contributed by atoms with E-state index in [9.17, 15) is 0 Å². The van der Waals surface area contributed by atoms with Gasteiger partial charge in [0.1, 0.15) is 5.69 Å². The number of hydrogen-bond acceptors (Lipinski definition) is 7. The molecule has 150 valence electrons. The lowest BCUT2D eigenvalue weighted by Crippen LogP contribution is -2.33. The van der Waals surface area contributed by atoms with Crippen LogP contribution in [0, 0.1) is 0 Å². The Morgan fingerprint density at radius 3 is 2.48 bits per heavy atom. The molecular formula is C22H26N6O. The molecule has 0 spiro atoms. The van der Waals surface area contributed by atoms with E-state index in [1.807, 2.05) is 18.5 Å². The summed E-state index contributed by atoms with van der Waals surface area (Å²) in [6.07, 6.45) is 16.8. The summed E-state index contributed by atoms with van der Waals surface area (Å²) in [4.78, 5) is 20.1. The first-order valence-electron chi connectivity index (χ1n) is 10.6. The zero-order valence-corrected chi connectivity index (χ0v) is 16.5. The van der Waals surface area contributed by atoms with Gasteiger partial charge < -0.3 is 4.52 Å². The molecule has 3 aromatic heterocycles. The van der Waals surface area contributed by atoms with Crippen LogP contribution >= 0.6 is 0 Å². The fourth-order valence-corrected chi connectivity index (χ4v) is 4.84. The molecule has 0 N–H and O–H groups in total. The van der Waals surface area contributed by atoms with Crippen molar-refractivity contribution in [3.63, 3.8) is 0 Å². The third kappa shape index (κ3) is 3.92. The van der Waals surface area contributed by atoms with E-state index in [1.165, 1.54) is 44.1 Å². The highest BCUT2D eigenvalue weighted by Crippen LogP contribution is 2.41. The van der Waals surface area contributed by atoms with Gasteiger partial charge in [0.25, 0.3) is 0 Å². The third-order valence-corrected chi connectivity index (χ3v) is 6.35. The molecule has 5 rings (SSSR count). The lowest BCUT2D eigenvalue weighted by Gasteiger charge is -2.26. The van der Waals surface area contributed by atoms with Gasteiger partial charge in [-0.05, 0) is 24.5 Å². The van der Waals surface area contributed by atoms with Gasteiger partial charge in [-0.1, -0.05) is 36.9 Å². The van der Waals surface area contributed by atoms with Crippen molar-refractivity contribution in [2.75, 3.05) is 13.1 Å². The summed E-state index contributed by atoms with van der Waals surface area (Å²) < 4.78 is 5.74. The molecule has 0 unspecified atom stereocenters. The molecule has 2 fully saturated rings. The van der Waals surface area contributed by atoms with Crippen LogP contribution in [0.25, 0.3) is 11.5 Å². The third-order valence-electron chi connectivity index (χ3n) is 6.35. The van der Waals surface area contributed by atoms with E-state index < -0.39 is 0 Å². The van der Waals surface area contributed by atoms with Crippen molar-refractivity contribution in [3.05, 3.63) is 54.6 Å². The van der Waals surface area contributed by atoms with Gasteiger partial charge in [0.05, 0.1) is 12.1 Å². The predicted octanol–water partition coefficient (Wildman–Crippen LogP) is 3.83. The van der Waals surface area contributed by atoms with Gasteiger partial charge in [0.15, 0.2) is 0 Å². The molecule has 0 aromatic carbocycles. The van der Waals surface area contributed by atoms with E-state index in [0.717, 1.165) is 13.1 Å². The Hall–Kier alpha value is -2.67. The Labute approximate surface area is 170 Å². The lowest BCUT2D eigenvalue weighted by molar-refractivity contribution is 0.213. The summed E-state index contributed by atoms with van der Waals surface area (Å²) in [6, 6.07) is 4.84. The summed E-state index contributed by atoms with van der Waals surface area (Å²) in [7, 11) is 0. The van der Waals surface area contributed by atoms with Crippen LogP contribution in [-0.4, -0.2) is 49.1 Å². The van der Waals surface area contributed by atoms with Crippen molar-refractivity contribution in [2.45, 2.75) is 56.4 Å². The molecule has 1 saturated heterocycles. The normalized spacial score (nSPS) is 23.9. The van der Waals surface area contributed by atoms with Crippen molar-refractivity contribution in [3.8, 4) is 11.5 Å². The number of rotatable bonds is 4. The maximum atomic E-state index is 5.74. The van der Waals surface area contributed by atoms with Crippen molar-refractivity contribution in [1.29, 1.82) is 0 Å². The molecule has 1 aliphatic carbocycles. The van der Waals surface area contributed by atoms with E-state index in [-0.39, 0.29) is 5.92 Å². The van der Waals surface area contributed by atoms with Gasteiger partial charge in [0, 0.05) is 49.8 Å². The number of nitrogens with zero attached hydrogens (tertiary/aromatic N) is 6. The summed E-state index contributed by atoms with van der Waals surface area (Å²) in [5.74, 6) is 1.67. The Bertz CT molecular complexity index is 907. The van der Waals surface area contributed by atoms with Gasteiger partial charge >= 0.3 is 0 Å². The van der Waals surface area contributed by atoms with Crippen LogP contribution in [-0.2, 0) is 0 Å². The fraction of sp³-hybridized carbons (Fsp3) is 0.500. The van der Waals surface area contributed by atoms with E-state index in [4.69, 9.17) is 9.51 Å². The molecule has 0 radical (unpaired) electrons. The standard InChI is InChI=1S/C22H26N6O/c1-2-4-8-17(7-3-1)28-14-18(16-6-5-9-23-12-16)19(15-28)22-26-21(27-29-22)20-13-24-10-11-25-20/h5-6,9-13,17-19H,1-4,7-8,14-15H2/t18-,19+/m0/s1.